The number of nitrogens with zero attached hydrogens (tertiary/aromatic N) is 3. The lowest BCUT2D eigenvalue weighted by molar-refractivity contribution is 0.279. The van der Waals surface area contributed by atoms with Crippen LogP contribution in [0.15, 0.2) is 29.0 Å². The Bertz CT molecular complexity index is 593. The molecule has 1 aromatic carbocycles. The van der Waals surface area contributed by atoms with E-state index in [0.717, 1.165) is 22.6 Å². The number of rotatable bonds is 6. The highest BCUT2D eigenvalue weighted by Crippen LogP contribution is 2.30. The third kappa shape index (κ3) is 4.30. The molecule has 2 aromatic rings. The quantitative estimate of drug-likeness (QED) is 0.774. The second-order valence-corrected chi connectivity index (χ2v) is 6.79. The molecule has 4 nitrogen and oxygen atoms in total. The fraction of sp³-hybridized carbons (Fsp3) is 0.500. The van der Waals surface area contributed by atoms with Crippen LogP contribution in [0.25, 0.3) is 0 Å². The maximum Gasteiger partial charge on any atom is 0.164 e. The van der Waals surface area contributed by atoms with Gasteiger partial charge in [-0.05, 0) is 35.6 Å². The Balaban J connectivity index is 2.12. The van der Waals surface area contributed by atoms with E-state index in [0.29, 0.717) is 18.4 Å². The van der Waals surface area contributed by atoms with Gasteiger partial charge in [0.25, 0.3) is 0 Å². The molecule has 0 bridgehead atoms. The molecule has 0 radical (unpaired) electrons. The Morgan fingerprint density at radius 3 is 2.67 bits per heavy atom. The molecule has 0 aliphatic carbocycles. The summed E-state index contributed by atoms with van der Waals surface area (Å²) >= 11 is 3.51. The summed E-state index contributed by atoms with van der Waals surface area (Å²) in [7, 11) is 0. The molecule has 1 heterocycles. The summed E-state index contributed by atoms with van der Waals surface area (Å²) in [5.41, 5.74) is 1.19. The minimum atomic E-state index is 0.408. The third-order valence-electron chi connectivity index (χ3n) is 3.18. The molecule has 0 aliphatic heterocycles. The Morgan fingerprint density at radius 2 is 2.00 bits per heavy atom. The number of benzene rings is 1. The van der Waals surface area contributed by atoms with Crippen molar-refractivity contribution >= 4 is 15.9 Å². The molecule has 21 heavy (non-hydrogen) atoms. The first kappa shape index (κ1) is 16.0. The van der Waals surface area contributed by atoms with E-state index >= 15 is 0 Å². The maximum atomic E-state index is 5.98. The van der Waals surface area contributed by atoms with Crippen LogP contribution < -0.4 is 4.74 Å². The van der Waals surface area contributed by atoms with Crippen LogP contribution in [0.3, 0.4) is 0 Å². The average molecular weight is 352 g/mol. The number of halogens is 1. The molecule has 0 saturated heterocycles. The van der Waals surface area contributed by atoms with Crippen LogP contribution in [0.5, 0.6) is 5.75 Å². The van der Waals surface area contributed by atoms with Gasteiger partial charge in [-0.25, -0.2) is 9.67 Å². The molecule has 0 aliphatic rings. The molecule has 0 amide bonds. The monoisotopic (exact) mass is 351 g/mol. The molecule has 0 N–H and O–H groups in total. The van der Waals surface area contributed by atoms with Crippen molar-refractivity contribution in [2.24, 2.45) is 5.92 Å². The topological polar surface area (TPSA) is 39.9 Å². The largest absolute Gasteiger partial charge is 0.485 e. The minimum absolute atomic E-state index is 0.408. The van der Waals surface area contributed by atoms with Crippen molar-refractivity contribution < 1.29 is 4.74 Å². The molecular formula is C16H22BrN3O. The van der Waals surface area contributed by atoms with Crippen molar-refractivity contribution in [1.29, 1.82) is 0 Å². The predicted octanol–water partition coefficient (Wildman–Crippen LogP) is 4.40. The van der Waals surface area contributed by atoms with Crippen molar-refractivity contribution in [3.8, 4) is 5.75 Å². The van der Waals surface area contributed by atoms with E-state index in [4.69, 9.17) is 4.74 Å². The van der Waals surface area contributed by atoms with Crippen LogP contribution >= 0.6 is 15.9 Å². The van der Waals surface area contributed by atoms with Crippen LogP contribution in [-0.4, -0.2) is 14.8 Å². The van der Waals surface area contributed by atoms with Gasteiger partial charge in [-0.3, -0.25) is 0 Å². The number of hydrogen-bond acceptors (Lipinski definition) is 3. The Labute approximate surface area is 134 Å². The van der Waals surface area contributed by atoms with E-state index < -0.39 is 0 Å². The fourth-order valence-electron chi connectivity index (χ4n) is 2.14. The van der Waals surface area contributed by atoms with Gasteiger partial charge in [-0.1, -0.05) is 43.6 Å². The lowest BCUT2D eigenvalue weighted by Gasteiger charge is -2.15. The molecule has 114 valence electrons. The van der Waals surface area contributed by atoms with E-state index in [1.807, 2.05) is 16.8 Å². The number of ether oxygens (including phenoxy) is 1. The van der Waals surface area contributed by atoms with Crippen LogP contribution in [0, 0.1) is 5.92 Å². The van der Waals surface area contributed by atoms with Gasteiger partial charge in [-0.2, -0.15) is 5.10 Å². The molecule has 0 unspecified atom stereocenters. The molecule has 0 spiro atoms. The molecular weight excluding hydrogens is 330 g/mol. The van der Waals surface area contributed by atoms with Gasteiger partial charge in [0.05, 0.1) is 0 Å². The van der Waals surface area contributed by atoms with Gasteiger partial charge >= 0.3 is 0 Å². The second-order valence-electron chi connectivity index (χ2n) is 5.88. The zero-order valence-electron chi connectivity index (χ0n) is 13.0. The highest BCUT2D eigenvalue weighted by Gasteiger charge is 2.11. The zero-order chi connectivity index (χ0) is 15.4. The molecule has 1 aromatic heterocycles. The van der Waals surface area contributed by atoms with Crippen molar-refractivity contribution in [2.45, 2.75) is 46.8 Å². The summed E-state index contributed by atoms with van der Waals surface area (Å²) in [5, 5.41) is 4.26. The zero-order valence-corrected chi connectivity index (χ0v) is 14.6. The van der Waals surface area contributed by atoms with Gasteiger partial charge in [0.2, 0.25) is 0 Å². The molecule has 0 saturated carbocycles. The summed E-state index contributed by atoms with van der Waals surface area (Å²) in [4.78, 5) is 4.29. The van der Waals surface area contributed by atoms with Crippen LogP contribution in [0.1, 0.15) is 45.0 Å². The van der Waals surface area contributed by atoms with Crippen LogP contribution in [0.2, 0.25) is 0 Å². The minimum Gasteiger partial charge on any atom is -0.485 e. The summed E-state index contributed by atoms with van der Waals surface area (Å²) < 4.78 is 8.96. The second kappa shape index (κ2) is 7.07. The van der Waals surface area contributed by atoms with Crippen LogP contribution in [-0.2, 0) is 13.2 Å². The van der Waals surface area contributed by atoms with Crippen molar-refractivity contribution in [2.75, 3.05) is 0 Å². The SMILES string of the molecule is CC(C)Cn1ncnc1COc1ccc(Br)cc1C(C)C. The van der Waals surface area contributed by atoms with Crippen molar-refractivity contribution in [3.05, 3.63) is 40.4 Å². The Morgan fingerprint density at radius 1 is 1.24 bits per heavy atom. The summed E-state index contributed by atoms with van der Waals surface area (Å²) in [5.74, 6) is 2.71. The maximum absolute atomic E-state index is 5.98. The van der Waals surface area contributed by atoms with E-state index in [1.165, 1.54) is 5.56 Å². The first-order valence-corrected chi connectivity index (χ1v) is 8.05. The smallest absolute Gasteiger partial charge is 0.164 e. The standard InChI is InChI=1S/C16H22BrN3O/c1-11(2)8-20-16(18-10-19-20)9-21-15-6-5-13(17)7-14(15)12(3)4/h5-7,10-12H,8-9H2,1-4H3. The normalized spacial score (nSPS) is 11.4. The highest BCUT2D eigenvalue weighted by atomic mass is 79.9. The lowest BCUT2D eigenvalue weighted by Crippen LogP contribution is -2.12. The Hall–Kier alpha value is -1.36. The van der Waals surface area contributed by atoms with Gasteiger partial charge in [-0.15, -0.1) is 0 Å². The Kier molecular flexibility index (Phi) is 5.39. The van der Waals surface area contributed by atoms with E-state index in [2.05, 4.69) is 59.8 Å². The number of aromatic nitrogens is 3. The first-order valence-electron chi connectivity index (χ1n) is 7.26. The molecule has 0 fully saturated rings. The van der Waals surface area contributed by atoms with Gasteiger partial charge < -0.3 is 4.74 Å². The summed E-state index contributed by atoms with van der Waals surface area (Å²) in [6.45, 7) is 9.95. The summed E-state index contributed by atoms with van der Waals surface area (Å²) in [6, 6.07) is 6.11. The van der Waals surface area contributed by atoms with E-state index in [9.17, 15) is 0 Å². The molecule has 5 heteroatoms. The summed E-state index contributed by atoms with van der Waals surface area (Å²) in [6.07, 6.45) is 1.59. The third-order valence-corrected chi connectivity index (χ3v) is 3.68. The van der Waals surface area contributed by atoms with Crippen molar-refractivity contribution in [1.82, 2.24) is 14.8 Å². The highest BCUT2D eigenvalue weighted by molar-refractivity contribution is 9.10. The van der Waals surface area contributed by atoms with Gasteiger partial charge in [0, 0.05) is 11.0 Å². The van der Waals surface area contributed by atoms with Crippen LogP contribution in [0.4, 0.5) is 0 Å². The number of hydrogen-bond donors (Lipinski definition) is 0. The van der Waals surface area contributed by atoms with Gasteiger partial charge in [0.15, 0.2) is 5.82 Å². The fourth-order valence-corrected chi connectivity index (χ4v) is 2.52. The molecule has 2 rings (SSSR count). The van der Waals surface area contributed by atoms with E-state index in [1.54, 1.807) is 6.33 Å². The van der Waals surface area contributed by atoms with E-state index in [-0.39, 0.29) is 0 Å². The first-order chi connectivity index (χ1) is 9.97. The predicted molar refractivity (Wildman–Crippen MR) is 87.4 cm³/mol. The lowest BCUT2D eigenvalue weighted by atomic mass is 10.0. The molecule has 0 atom stereocenters. The van der Waals surface area contributed by atoms with Gasteiger partial charge in [0.1, 0.15) is 18.7 Å². The average Bonchev–Trinajstić information content (AvgIpc) is 2.83. The van der Waals surface area contributed by atoms with Crippen molar-refractivity contribution in [3.63, 3.8) is 0 Å².